The van der Waals surface area contributed by atoms with Gasteiger partial charge < -0.3 is 19.9 Å². The quantitative estimate of drug-likeness (QED) is 0.427. The summed E-state index contributed by atoms with van der Waals surface area (Å²) in [6, 6.07) is 7.68. The van der Waals surface area contributed by atoms with Gasteiger partial charge in [-0.2, -0.15) is 5.10 Å². The van der Waals surface area contributed by atoms with Gasteiger partial charge in [-0.1, -0.05) is 12.1 Å². The molecule has 2 aromatic rings. The van der Waals surface area contributed by atoms with Crippen LogP contribution < -0.4 is 15.0 Å². The first-order chi connectivity index (χ1) is 14.8. The lowest BCUT2D eigenvalue weighted by molar-refractivity contribution is -0.121. The molecular weight excluding hydrogens is 382 g/mol. The predicted octanol–water partition coefficient (Wildman–Crippen LogP) is 1.77. The van der Waals surface area contributed by atoms with Gasteiger partial charge in [0, 0.05) is 38.6 Å². The molecule has 0 atom stereocenters. The van der Waals surface area contributed by atoms with E-state index in [2.05, 4.69) is 32.3 Å². The Bertz CT molecular complexity index is 860. The number of ether oxygens (including phenoxy) is 1. The van der Waals surface area contributed by atoms with Gasteiger partial charge in [-0.3, -0.25) is 14.9 Å². The van der Waals surface area contributed by atoms with Crippen molar-refractivity contribution in [2.45, 2.75) is 32.1 Å². The number of amides is 1. The molecular formula is C21H29N7O2. The van der Waals surface area contributed by atoms with Gasteiger partial charge in [-0.25, -0.2) is 4.98 Å². The summed E-state index contributed by atoms with van der Waals surface area (Å²) < 4.78 is 5.51. The fourth-order valence-electron chi connectivity index (χ4n) is 4.02. The SMILES string of the molecule is CCNC(=NCCCN1C(=O)COc2ccccc21)N1CCC(c2ncn[nH]2)CC1. The third-order valence-corrected chi connectivity index (χ3v) is 5.56. The van der Waals surface area contributed by atoms with Crippen molar-refractivity contribution in [3.63, 3.8) is 0 Å². The number of H-pyrrole nitrogens is 1. The molecule has 2 aliphatic rings. The molecule has 1 aromatic heterocycles. The molecule has 3 heterocycles. The van der Waals surface area contributed by atoms with Gasteiger partial charge in [0.25, 0.3) is 5.91 Å². The van der Waals surface area contributed by atoms with Crippen LogP contribution in [0.3, 0.4) is 0 Å². The Kier molecular flexibility index (Phi) is 6.46. The first kappa shape index (κ1) is 20.2. The molecule has 30 heavy (non-hydrogen) atoms. The highest BCUT2D eigenvalue weighted by molar-refractivity contribution is 5.97. The third-order valence-electron chi connectivity index (χ3n) is 5.56. The van der Waals surface area contributed by atoms with E-state index in [0.29, 0.717) is 19.0 Å². The number of aromatic amines is 1. The second kappa shape index (κ2) is 9.60. The summed E-state index contributed by atoms with van der Waals surface area (Å²) in [4.78, 5) is 25.5. The first-order valence-corrected chi connectivity index (χ1v) is 10.7. The van der Waals surface area contributed by atoms with Crippen molar-refractivity contribution in [2.24, 2.45) is 4.99 Å². The number of hydrogen-bond donors (Lipinski definition) is 2. The molecule has 2 aliphatic heterocycles. The van der Waals surface area contributed by atoms with Crippen molar-refractivity contribution >= 4 is 17.6 Å². The lowest BCUT2D eigenvalue weighted by Gasteiger charge is -2.33. The van der Waals surface area contributed by atoms with Gasteiger partial charge in [-0.05, 0) is 38.3 Å². The topological polar surface area (TPSA) is 98.7 Å². The van der Waals surface area contributed by atoms with Gasteiger partial charge in [0.2, 0.25) is 0 Å². The Labute approximate surface area is 176 Å². The van der Waals surface area contributed by atoms with Crippen molar-refractivity contribution in [3.8, 4) is 5.75 Å². The van der Waals surface area contributed by atoms with E-state index in [1.807, 2.05) is 29.2 Å². The predicted molar refractivity (Wildman–Crippen MR) is 115 cm³/mol. The number of carbonyl (C=O) groups excluding carboxylic acids is 1. The summed E-state index contributed by atoms with van der Waals surface area (Å²) in [7, 11) is 0. The molecule has 1 amide bonds. The van der Waals surface area contributed by atoms with Crippen LogP contribution in [0.25, 0.3) is 0 Å². The molecule has 0 saturated carbocycles. The zero-order chi connectivity index (χ0) is 20.8. The van der Waals surface area contributed by atoms with Crippen LogP contribution in [0.4, 0.5) is 5.69 Å². The third kappa shape index (κ3) is 4.55. The van der Waals surface area contributed by atoms with Gasteiger partial charge in [0.1, 0.15) is 17.9 Å². The molecule has 0 radical (unpaired) electrons. The van der Waals surface area contributed by atoms with Crippen LogP contribution in [0.1, 0.15) is 37.9 Å². The fraction of sp³-hybridized carbons (Fsp3) is 0.524. The Balaban J connectivity index is 1.31. The van der Waals surface area contributed by atoms with Crippen LogP contribution in [0.5, 0.6) is 5.75 Å². The monoisotopic (exact) mass is 411 g/mol. The van der Waals surface area contributed by atoms with E-state index in [0.717, 1.165) is 62.1 Å². The van der Waals surface area contributed by atoms with E-state index in [1.165, 1.54) is 0 Å². The van der Waals surface area contributed by atoms with Crippen molar-refractivity contribution < 1.29 is 9.53 Å². The number of carbonyl (C=O) groups is 1. The molecule has 160 valence electrons. The first-order valence-electron chi connectivity index (χ1n) is 10.7. The minimum Gasteiger partial charge on any atom is -0.482 e. The standard InChI is InChI=1S/C21H29N7O2/c1-2-22-21(27-12-8-16(9-13-27)20-24-15-25-26-20)23-10-5-11-28-17-6-3-4-7-18(17)30-14-19(28)29/h3-4,6-7,15-16H,2,5,8-14H2,1H3,(H,22,23)(H,24,25,26). The molecule has 0 unspecified atom stereocenters. The van der Waals surface area contributed by atoms with Gasteiger partial charge in [0.15, 0.2) is 12.6 Å². The van der Waals surface area contributed by atoms with Crippen molar-refractivity contribution in [3.05, 3.63) is 36.4 Å². The highest BCUT2D eigenvalue weighted by Crippen LogP contribution is 2.31. The number of guanidine groups is 1. The number of likely N-dealkylation sites (tertiary alicyclic amines) is 1. The summed E-state index contributed by atoms with van der Waals surface area (Å²) in [5.74, 6) is 3.12. The molecule has 1 aromatic carbocycles. The number of fused-ring (bicyclic) bond motifs is 1. The summed E-state index contributed by atoms with van der Waals surface area (Å²) in [6.45, 7) is 6.19. The smallest absolute Gasteiger partial charge is 0.265 e. The maximum Gasteiger partial charge on any atom is 0.265 e. The number of piperidine rings is 1. The van der Waals surface area contributed by atoms with Crippen LogP contribution in [0.15, 0.2) is 35.6 Å². The molecule has 4 rings (SSSR count). The molecule has 0 spiro atoms. The minimum absolute atomic E-state index is 0.000857. The van der Waals surface area contributed by atoms with Crippen LogP contribution in [-0.2, 0) is 4.79 Å². The van der Waals surface area contributed by atoms with E-state index in [1.54, 1.807) is 6.33 Å². The number of aromatic nitrogens is 3. The second-order valence-electron chi connectivity index (χ2n) is 7.52. The van der Waals surface area contributed by atoms with Crippen molar-refractivity contribution in [2.75, 3.05) is 44.2 Å². The van der Waals surface area contributed by atoms with Crippen LogP contribution in [-0.4, -0.2) is 71.3 Å². The average Bonchev–Trinajstić information content (AvgIpc) is 3.32. The molecule has 0 bridgehead atoms. The zero-order valence-corrected chi connectivity index (χ0v) is 17.4. The fourth-order valence-corrected chi connectivity index (χ4v) is 4.02. The van der Waals surface area contributed by atoms with Crippen LogP contribution in [0, 0.1) is 0 Å². The highest BCUT2D eigenvalue weighted by Gasteiger charge is 2.25. The number of hydrogen-bond acceptors (Lipinski definition) is 5. The normalized spacial score (nSPS) is 17.6. The Morgan fingerprint density at radius 1 is 1.33 bits per heavy atom. The summed E-state index contributed by atoms with van der Waals surface area (Å²) in [6.07, 6.45) is 4.42. The molecule has 1 saturated heterocycles. The molecule has 9 heteroatoms. The lowest BCUT2D eigenvalue weighted by Crippen LogP contribution is -2.45. The Hall–Kier alpha value is -3.10. The zero-order valence-electron chi connectivity index (χ0n) is 17.4. The van der Waals surface area contributed by atoms with E-state index >= 15 is 0 Å². The number of rotatable bonds is 6. The van der Waals surface area contributed by atoms with E-state index in [4.69, 9.17) is 9.73 Å². The molecule has 9 nitrogen and oxygen atoms in total. The second-order valence-corrected chi connectivity index (χ2v) is 7.52. The summed E-state index contributed by atoms with van der Waals surface area (Å²) in [5.41, 5.74) is 0.846. The number of anilines is 1. The summed E-state index contributed by atoms with van der Waals surface area (Å²) >= 11 is 0. The minimum atomic E-state index is -0.000857. The molecule has 2 N–H and O–H groups in total. The lowest BCUT2D eigenvalue weighted by atomic mass is 9.96. The molecule has 1 fully saturated rings. The average molecular weight is 412 g/mol. The number of benzene rings is 1. The maximum absolute atomic E-state index is 12.3. The summed E-state index contributed by atoms with van der Waals surface area (Å²) in [5, 5.41) is 10.4. The van der Waals surface area contributed by atoms with Gasteiger partial charge >= 0.3 is 0 Å². The largest absolute Gasteiger partial charge is 0.482 e. The van der Waals surface area contributed by atoms with Crippen LogP contribution in [0.2, 0.25) is 0 Å². The maximum atomic E-state index is 12.3. The Morgan fingerprint density at radius 2 is 2.17 bits per heavy atom. The number of aliphatic imine (C=N–C) groups is 1. The van der Waals surface area contributed by atoms with E-state index in [9.17, 15) is 4.79 Å². The number of nitrogens with one attached hydrogen (secondary N) is 2. The number of para-hydroxylation sites is 2. The van der Waals surface area contributed by atoms with Gasteiger partial charge in [-0.15, -0.1) is 0 Å². The van der Waals surface area contributed by atoms with E-state index < -0.39 is 0 Å². The van der Waals surface area contributed by atoms with Crippen LogP contribution >= 0.6 is 0 Å². The highest BCUT2D eigenvalue weighted by atomic mass is 16.5. The number of nitrogens with zero attached hydrogens (tertiary/aromatic N) is 5. The van der Waals surface area contributed by atoms with Gasteiger partial charge in [0.05, 0.1) is 5.69 Å². The van der Waals surface area contributed by atoms with Crippen molar-refractivity contribution in [1.29, 1.82) is 0 Å². The van der Waals surface area contributed by atoms with Crippen molar-refractivity contribution in [1.82, 2.24) is 25.4 Å². The Morgan fingerprint density at radius 3 is 2.93 bits per heavy atom. The molecule has 0 aliphatic carbocycles. The van der Waals surface area contributed by atoms with E-state index in [-0.39, 0.29) is 12.5 Å².